The second kappa shape index (κ2) is 9.13. The number of aliphatic hydroxyl groups is 2. The number of aliphatic hydroxyl groups excluding tert-OH is 2. The van der Waals surface area contributed by atoms with Gasteiger partial charge in [-0.05, 0) is 13.0 Å². The zero-order valence-corrected chi connectivity index (χ0v) is 17.3. The van der Waals surface area contributed by atoms with Gasteiger partial charge in [0.25, 0.3) is 0 Å². The fraction of sp³-hybridized carbons (Fsp3) is 0.500. The van der Waals surface area contributed by atoms with Crippen molar-refractivity contribution in [2.45, 2.75) is 44.2 Å². The Morgan fingerprint density at radius 2 is 2.03 bits per heavy atom. The number of nitrogens with one attached hydrogen (secondary N) is 1. The summed E-state index contributed by atoms with van der Waals surface area (Å²) in [6.07, 6.45) is 0.958. The minimum atomic E-state index is -1.17. The lowest BCUT2D eigenvalue weighted by Crippen LogP contribution is -2.33. The summed E-state index contributed by atoms with van der Waals surface area (Å²) in [7, 11) is 1.48. The van der Waals surface area contributed by atoms with Crippen molar-refractivity contribution in [1.29, 1.82) is 0 Å². The van der Waals surface area contributed by atoms with Crippen LogP contribution in [0.25, 0.3) is 11.2 Å². The topological polar surface area (TPSA) is 201 Å². The molecule has 32 heavy (non-hydrogen) atoms. The van der Waals surface area contributed by atoms with E-state index in [0.29, 0.717) is 36.2 Å². The van der Waals surface area contributed by atoms with Crippen LogP contribution in [-0.4, -0.2) is 71.2 Å². The molecule has 0 saturated carbocycles. The third-order valence-electron chi connectivity index (χ3n) is 5.29. The molecule has 1 fully saturated rings. The van der Waals surface area contributed by atoms with Crippen molar-refractivity contribution in [3.8, 4) is 0 Å². The Morgan fingerprint density at radius 1 is 1.22 bits per heavy atom. The Hall–Kier alpha value is -3.17. The van der Waals surface area contributed by atoms with E-state index in [4.69, 9.17) is 20.9 Å². The number of fused-ring (bicyclic) bond motifs is 1. The molecule has 0 aromatic carbocycles. The van der Waals surface area contributed by atoms with Crippen LogP contribution in [0.1, 0.15) is 18.2 Å². The third kappa shape index (κ3) is 4.13. The highest BCUT2D eigenvalue weighted by molar-refractivity contribution is 5.81. The van der Waals surface area contributed by atoms with E-state index < -0.39 is 30.2 Å². The highest BCUT2D eigenvalue weighted by atomic mass is 16.6. The van der Waals surface area contributed by atoms with Crippen LogP contribution in [-0.2, 0) is 22.7 Å². The van der Waals surface area contributed by atoms with E-state index in [1.165, 1.54) is 28.9 Å². The second-order valence-corrected chi connectivity index (χ2v) is 7.42. The Bertz CT molecular complexity index is 1150. The van der Waals surface area contributed by atoms with Crippen molar-refractivity contribution in [2.24, 2.45) is 0 Å². The summed E-state index contributed by atoms with van der Waals surface area (Å²) in [5, 5.41) is 24.2. The summed E-state index contributed by atoms with van der Waals surface area (Å²) < 4.78 is 13.7. The molecule has 1 aliphatic heterocycles. The lowest BCUT2D eigenvalue weighted by atomic mass is 10.1. The van der Waals surface area contributed by atoms with Gasteiger partial charge in [-0.15, -0.1) is 0 Å². The lowest BCUT2D eigenvalue weighted by Gasteiger charge is -2.16. The van der Waals surface area contributed by atoms with E-state index in [-0.39, 0.29) is 18.4 Å². The summed E-state index contributed by atoms with van der Waals surface area (Å²) in [5.41, 5.74) is 12.6. The summed E-state index contributed by atoms with van der Waals surface area (Å²) in [4.78, 5) is 27.7. The van der Waals surface area contributed by atoms with Gasteiger partial charge in [0.05, 0.1) is 12.4 Å². The van der Waals surface area contributed by atoms with Gasteiger partial charge in [0, 0.05) is 25.4 Å². The Kier molecular flexibility index (Phi) is 6.29. The molecule has 4 atom stereocenters. The minimum Gasteiger partial charge on any atom is -0.388 e. The van der Waals surface area contributed by atoms with E-state index in [1.54, 1.807) is 6.20 Å². The quantitative estimate of drug-likeness (QED) is 0.237. The van der Waals surface area contributed by atoms with Crippen LogP contribution in [0.2, 0.25) is 0 Å². The van der Waals surface area contributed by atoms with Crippen LogP contribution in [0.5, 0.6) is 0 Å². The molecule has 0 bridgehead atoms. The molecular formula is C18H25N9O5. The number of rotatable bonds is 8. The molecule has 1 unspecified atom stereocenters. The van der Waals surface area contributed by atoms with Crippen molar-refractivity contribution in [3.05, 3.63) is 34.9 Å². The first-order valence-electron chi connectivity index (χ1n) is 9.90. The van der Waals surface area contributed by atoms with Crippen LogP contribution < -0.4 is 22.5 Å². The third-order valence-corrected chi connectivity index (χ3v) is 5.29. The van der Waals surface area contributed by atoms with Crippen molar-refractivity contribution in [3.63, 3.8) is 0 Å². The molecule has 1 saturated heterocycles. The monoisotopic (exact) mass is 447 g/mol. The number of aromatic nitrogens is 6. The molecule has 4 rings (SSSR count). The van der Waals surface area contributed by atoms with Gasteiger partial charge in [-0.2, -0.15) is 4.98 Å². The zero-order valence-electron chi connectivity index (χ0n) is 17.3. The standard InChI is InChI=1S/C18H25N9O5/c1-31-8-26-5-9(14(19)25-18(26)30)4-21-3-2-10-12(28)13(29)17(32-10)27-7-24-11-15(20)22-6-23-16(11)27/h5-7,10,12-13,17,21,28-29H,2-4,8H2,1H3,(H2,19,25,30)(H2,20,22,23)/t10-,12?,13+,17-/m1/s1. The average Bonchev–Trinajstić information content (AvgIpc) is 3.31. The maximum Gasteiger partial charge on any atom is 0.351 e. The highest BCUT2D eigenvalue weighted by Gasteiger charge is 2.43. The van der Waals surface area contributed by atoms with E-state index in [1.807, 2.05) is 0 Å². The number of nitrogens with two attached hydrogens (primary N) is 2. The van der Waals surface area contributed by atoms with Gasteiger partial charge in [-0.25, -0.2) is 19.7 Å². The van der Waals surface area contributed by atoms with Gasteiger partial charge < -0.3 is 36.5 Å². The maximum absolute atomic E-state index is 11.8. The summed E-state index contributed by atoms with van der Waals surface area (Å²) in [5.74, 6) is 0.351. The average molecular weight is 447 g/mol. The highest BCUT2D eigenvalue weighted by Crippen LogP contribution is 2.33. The van der Waals surface area contributed by atoms with Crippen molar-refractivity contribution < 1.29 is 19.7 Å². The first-order chi connectivity index (χ1) is 15.4. The van der Waals surface area contributed by atoms with Crippen molar-refractivity contribution in [2.75, 3.05) is 25.1 Å². The van der Waals surface area contributed by atoms with E-state index in [2.05, 4.69) is 25.3 Å². The predicted octanol–water partition coefficient (Wildman–Crippen LogP) is -2.05. The van der Waals surface area contributed by atoms with Crippen LogP contribution in [0, 0.1) is 0 Å². The Morgan fingerprint density at radius 3 is 2.81 bits per heavy atom. The molecule has 0 amide bonds. The van der Waals surface area contributed by atoms with E-state index in [0.717, 1.165) is 0 Å². The molecular weight excluding hydrogens is 422 g/mol. The molecule has 4 heterocycles. The van der Waals surface area contributed by atoms with Crippen molar-refractivity contribution >= 4 is 22.8 Å². The maximum atomic E-state index is 11.8. The van der Waals surface area contributed by atoms with Crippen LogP contribution in [0.3, 0.4) is 0 Å². The number of anilines is 2. The first-order valence-corrected chi connectivity index (χ1v) is 9.90. The molecule has 14 heteroatoms. The number of ether oxygens (including phenoxy) is 2. The smallest absolute Gasteiger partial charge is 0.351 e. The van der Waals surface area contributed by atoms with Gasteiger partial charge in [0.2, 0.25) is 0 Å². The zero-order chi connectivity index (χ0) is 22.8. The van der Waals surface area contributed by atoms with E-state index >= 15 is 0 Å². The molecule has 0 spiro atoms. The van der Waals surface area contributed by atoms with Crippen LogP contribution in [0.15, 0.2) is 23.6 Å². The molecule has 14 nitrogen and oxygen atoms in total. The number of nitrogen functional groups attached to an aromatic ring is 2. The first kappa shape index (κ1) is 22.0. The largest absolute Gasteiger partial charge is 0.388 e. The van der Waals surface area contributed by atoms with Crippen LogP contribution in [0.4, 0.5) is 11.6 Å². The molecule has 3 aromatic rings. The number of imidazole rings is 1. The molecule has 1 aliphatic rings. The summed E-state index contributed by atoms with van der Waals surface area (Å²) in [6.45, 7) is 0.865. The fourth-order valence-corrected chi connectivity index (χ4v) is 3.64. The Labute approximate surface area is 181 Å². The molecule has 0 radical (unpaired) electrons. The number of methoxy groups -OCH3 is 1. The van der Waals surface area contributed by atoms with Gasteiger partial charge in [-0.3, -0.25) is 9.13 Å². The van der Waals surface area contributed by atoms with Gasteiger partial charge in [0.15, 0.2) is 17.7 Å². The molecule has 0 aliphatic carbocycles. The normalized spacial score (nSPS) is 23.2. The summed E-state index contributed by atoms with van der Waals surface area (Å²) >= 11 is 0. The van der Waals surface area contributed by atoms with Gasteiger partial charge in [-0.1, -0.05) is 0 Å². The fourth-order valence-electron chi connectivity index (χ4n) is 3.64. The second-order valence-electron chi connectivity index (χ2n) is 7.42. The van der Waals surface area contributed by atoms with Gasteiger partial charge >= 0.3 is 5.69 Å². The SMILES string of the molecule is COCn1cc(CNCC[C@H]2O[C@@H](n3cnc4c(N)ncnc43)[C@@H](O)C2O)c(N)nc1=O. The predicted molar refractivity (Wildman–Crippen MR) is 112 cm³/mol. The van der Waals surface area contributed by atoms with Crippen LogP contribution >= 0.6 is 0 Å². The summed E-state index contributed by atoms with van der Waals surface area (Å²) in [6, 6.07) is 0. The number of hydrogen-bond acceptors (Lipinski definition) is 12. The number of hydrogen-bond donors (Lipinski definition) is 5. The lowest BCUT2D eigenvalue weighted by molar-refractivity contribution is -0.0367. The molecule has 3 aromatic heterocycles. The Balaban J connectivity index is 1.37. The van der Waals surface area contributed by atoms with Crippen molar-refractivity contribution in [1.82, 2.24) is 34.4 Å². The molecule has 7 N–H and O–H groups in total. The minimum absolute atomic E-state index is 0.0694. The van der Waals surface area contributed by atoms with Gasteiger partial charge in [0.1, 0.15) is 36.6 Å². The number of nitrogens with zero attached hydrogens (tertiary/aromatic N) is 6. The molecule has 172 valence electrons. The van der Waals surface area contributed by atoms with E-state index in [9.17, 15) is 15.0 Å².